The summed E-state index contributed by atoms with van der Waals surface area (Å²) in [6, 6.07) is 4.59. The second-order valence-electron chi connectivity index (χ2n) is 4.11. The van der Waals surface area contributed by atoms with Crippen molar-refractivity contribution in [3.8, 4) is 0 Å². The summed E-state index contributed by atoms with van der Waals surface area (Å²) in [4.78, 5) is 0. The lowest BCUT2D eigenvalue weighted by Gasteiger charge is -2.14. The SMILES string of the molecule is CCC(C)SCC(O)Cc1c(F)cccc1Cl. The number of benzene rings is 1. The Morgan fingerprint density at radius 2 is 2.18 bits per heavy atom. The van der Waals surface area contributed by atoms with Gasteiger partial charge in [-0.05, 0) is 18.6 Å². The smallest absolute Gasteiger partial charge is 0.127 e. The number of aliphatic hydroxyl groups is 1. The Morgan fingerprint density at radius 3 is 2.76 bits per heavy atom. The van der Waals surface area contributed by atoms with Gasteiger partial charge in [0.1, 0.15) is 5.82 Å². The zero-order valence-corrected chi connectivity index (χ0v) is 11.7. The minimum Gasteiger partial charge on any atom is -0.392 e. The highest BCUT2D eigenvalue weighted by Crippen LogP contribution is 2.22. The van der Waals surface area contributed by atoms with Crippen molar-refractivity contribution in [2.45, 2.75) is 38.0 Å². The van der Waals surface area contributed by atoms with E-state index in [1.54, 1.807) is 23.9 Å². The third-order valence-corrected chi connectivity index (χ3v) is 4.48. The highest BCUT2D eigenvalue weighted by atomic mass is 35.5. The third-order valence-electron chi connectivity index (χ3n) is 2.65. The van der Waals surface area contributed by atoms with Gasteiger partial charge in [0, 0.05) is 28.0 Å². The molecule has 1 N–H and O–H groups in total. The van der Waals surface area contributed by atoms with E-state index in [1.165, 1.54) is 6.07 Å². The van der Waals surface area contributed by atoms with Gasteiger partial charge in [0.15, 0.2) is 0 Å². The summed E-state index contributed by atoms with van der Waals surface area (Å²) in [5.41, 5.74) is 0.409. The summed E-state index contributed by atoms with van der Waals surface area (Å²) >= 11 is 7.61. The number of hydrogen-bond acceptors (Lipinski definition) is 2. The molecule has 0 heterocycles. The largest absolute Gasteiger partial charge is 0.392 e. The molecule has 0 aliphatic heterocycles. The van der Waals surface area contributed by atoms with Crippen LogP contribution >= 0.6 is 23.4 Å². The molecular formula is C13H18ClFOS. The molecule has 0 radical (unpaired) electrons. The molecule has 1 rings (SSSR count). The Kier molecular flexibility index (Phi) is 6.31. The molecule has 1 aromatic rings. The fourth-order valence-electron chi connectivity index (χ4n) is 1.42. The van der Waals surface area contributed by atoms with Crippen molar-refractivity contribution in [1.29, 1.82) is 0 Å². The summed E-state index contributed by atoms with van der Waals surface area (Å²) in [7, 11) is 0. The van der Waals surface area contributed by atoms with Crippen LogP contribution in [0.4, 0.5) is 4.39 Å². The van der Waals surface area contributed by atoms with E-state index in [2.05, 4.69) is 13.8 Å². The summed E-state index contributed by atoms with van der Waals surface area (Å²) < 4.78 is 13.5. The monoisotopic (exact) mass is 276 g/mol. The highest BCUT2D eigenvalue weighted by Gasteiger charge is 2.13. The second-order valence-corrected chi connectivity index (χ2v) is 5.99. The molecule has 96 valence electrons. The summed E-state index contributed by atoms with van der Waals surface area (Å²) in [6.45, 7) is 4.23. The standard InChI is InChI=1S/C13H18ClFOS/c1-3-9(2)17-8-10(16)7-11-12(14)5-4-6-13(11)15/h4-6,9-10,16H,3,7-8H2,1-2H3. The van der Waals surface area contributed by atoms with Gasteiger partial charge in [-0.25, -0.2) is 4.39 Å². The van der Waals surface area contributed by atoms with Gasteiger partial charge < -0.3 is 5.11 Å². The quantitative estimate of drug-likeness (QED) is 0.850. The van der Waals surface area contributed by atoms with Crippen molar-refractivity contribution >= 4 is 23.4 Å². The fraction of sp³-hybridized carbons (Fsp3) is 0.538. The zero-order chi connectivity index (χ0) is 12.8. The topological polar surface area (TPSA) is 20.2 Å². The van der Waals surface area contributed by atoms with Gasteiger partial charge in [-0.2, -0.15) is 11.8 Å². The van der Waals surface area contributed by atoms with Crippen LogP contribution in [0.15, 0.2) is 18.2 Å². The summed E-state index contributed by atoms with van der Waals surface area (Å²) in [5, 5.41) is 10.8. The molecule has 0 spiro atoms. The van der Waals surface area contributed by atoms with E-state index in [1.807, 2.05) is 0 Å². The Hall–Kier alpha value is -0.250. The predicted molar refractivity (Wildman–Crippen MR) is 73.3 cm³/mol. The number of aliphatic hydroxyl groups excluding tert-OH is 1. The van der Waals surface area contributed by atoms with Crippen molar-refractivity contribution in [3.05, 3.63) is 34.6 Å². The van der Waals surface area contributed by atoms with Crippen LogP contribution in [0.2, 0.25) is 5.02 Å². The molecule has 0 amide bonds. The maximum Gasteiger partial charge on any atom is 0.127 e. The predicted octanol–water partition coefficient (Wildman–Crippen LogP) is 3.91. The molecule has 0 bridgehead atoms. The lowest BCUT2D eigenvalue weighted by molar-refractivity contribution is 0.198. The van der Waals surface area contributed by atoms with Gasteiger partial charge in [0.2, 0.25) is 0 Å². The Balaban J connectivity index is 2.53. The number of halogens is 2. The van der Waals surface area contributed by atoms with Crippen LogP contribution in [0, 0.1) is 5.82 Å². The number of rotatable bonds is 6. The molecule has 0 saturated heterocycles. The van der Waals surface area contributed by atoms with Gasteiger partial charge >= 0.3 is 0 Å². The molecule has 4 heteroatoms. The van der Waals surface area contributed by atoms with Crippen LogP contribution in [0.1, 0.15) is 25.8 Å². The molecule has 0 aliphatic rings. The molecule has 2 unspecified atom stereocenters. The van der Waals surface area contributed by atoms with Crippen LogP contribution in [0.5, 0.6) is 0 Å². The molecule has 0 fully saturated rings. The van der Waals surface area contributed by atoms with Crippen molar-refractivity contribution in [2.24, 2.45) is 0 Å². The van der Waals surface area contributed by atoms with Crippen molar-refractivity contribution in [2.75, 3.05) is 5.75 Å². The molecule has 0 aromatic heterocycles. The van der Waals surface area contributed by atoms with E-state index in [4.69, 9.17) is 11.6 Å². The highest BCUT2D eigenvalue weighted by molar-refractivity contribution is 7.99. The minimum atomic E-state index is -0.552. The van der Waals surface area contributed by atoms with E-state index in [9.17, 15) is 9.50 Å². The molecule has 1 nitrogen and oxygen atoms in total. The van der Waals surface area contributed by atoms with Crippen LogP contribution in [-0.2, 0) is 6.42 Å². The average molecular weight is 277 g/mol. The summed E-state index contributed by atoms with van der Waals surface area (Å²) in [5.74, 6) is 0.268. The Bertz CT molecular complexity index is 339. The van der Waals surface area contributed by atoms with Crippen molar-refractivity contribution < 1.29 is 9.50 Å². The molecule has 0 aliphatic carbocycles. The number of hydrogen-bond donors (Lipinski definition) is 1. The normalized spacial score (nSPS) is 14.6. The first-order valence-corrected chi connectivity index (χ1v) is 7.19. The minimum absolute atomic E-state index is 0.273. The second kappa shape index (κ2) is 7.24. The van der Waals surface area contributed by atoms with Crippen molar-refractivity contribution in [3.63, 3.8) is 0 Å². The van der Waals surface area contributed by atoms with Gasteiger partial charge in [-0.15, -0.1) is 0 Å². The van der Waals surface area contributed by atoms with Crippen LogP contribution in [0.25, 0.3) is 0 Å². The maximum atomic E-state index is 13.5. The average Bonchev–Trinajstić information content (AvgIpc) is 2.31. The maximum absolute atomic E-state index is 13.5. The number of thioether (sulfide) groups is 1. The van der Waals surface area contributed by atoms with Gasteiger partial charge in [-0.1, -0.05) is 31.5 Å². The van der Waals surface area contributed by atoms with Crippen LogP contribution in [0.3, 0.4) is 0 Å². The third kappa shape index (κ3) is 4.86. The van der Waals surface area contributed by atoms with Gasteiger partial charge in [0.25, 0.3) is 0 Å². The van der Waals surface area contributed by atoms with E-state index in [-0.39, 0.29) is 12.2 Å². The van der Waals surface area contributed by atoms with Crippen LogP contribution in [-0.4, -0.2) is 22.2 Å². The van der Waals surface area contributed by atoms with E-state index < -0.39 is 6.10 Å². The first-order chi connectivity index (χ1) is 8.04. The lowest BCUT2D eigenvalue weighted by Crippen LogP contribution is -2.16. The van der Waals surface area contributed by atoms with E-state index in [0.29, 0.717) is 21.6 Å². The Morgan fingerprint density at radius 1 is 1.47 bits per heavy atom. The first-order valence-electron chi connectivity index (χ1n) is 5.77. The molecule has 17 heavy (non-hydrogen) atoms. The molecule has 2 atom stereocenters. The molecule has 0 saturated carbocycles. The lowest BCUT2D eigenvalue weighted by atomic mass is 10.1. The van der Waals surface area contributed by atoms with Crippen molar-refractivity contribution in [1.82, 2.24) is 0 Å². The summed E-state index contributed by atoms with van der Waals surface area (Å²) in [6.07, 6.45) is 0.788. The van der Waals surface area contributed by atoms with E-state index in [0.717, 1.165) is 6.42 Å². The Labute approximate surface area is 111 Å². The van der Waals surface area contributed by atoms with Gasteiger partial charge in [-0.3, -0.25) is 0 Å². The zero-order valence-electron chi connectivity index (χ0n) is 10.1. The molecule has 1 aromatic carbocycles. The van der Waals surface area contributed by atoms with Crippen LogP contribution < -0.4 is 0 Å². The first kappa shape index (κ1) is 14.8. The van der Waals surface area contributed by atoms with E-state index >= 15 is 0 Å². The molecular weight excluding hydrogens is 259 g/mol. The van der Waals surface area contributed by atoms with Gasteiger partial charge in [0.05, 0.1) is 6.10 Å². The fourth-order valence-corrected chi connectivity index (χ4v) is 2.56.